The van der Waals surface area contributed by atoms with E-state index >= 15 is 0 Å². The zero-order valence-corrected chi connectivity index (χ0v) is 14.1. The molecule has 2 rings (SSSR count). The number of hydrogen-bond acceptors (Lipinski definition) is 2. The Morgan fingerprint density at radius 3 is 2.29 bits per heavy atom. The molecule has 1 aromatic carbocycles. The van der Waals surface area contributed by atoms with Crippen molar-refractivity contribution >= 4 is 23.2 Å². The van der Waals surface area contributed by atoms with Gasteiger partial charge in [-0.3, -0.25) is 4.79 Å². The summed E-state index contributed by atoms with van der Waals surface area (Å²) in [5.41, 5.74) is 7.25. The fourth-order valence-electron chi connectivity index (χ4n) is 3.99. The number of amides is 1. The van der Waals surface area contributed by atoms with E-state index in [1.807, 2.05) is 6.07 Å². The first kappa shape index (κ1) is 16.2. The first-order valence-electron chi connectivity index (χ1n) is 7.44. The van der Waals surface area contributed by atoms with E-state index in [4.69, 9.17) is 17.3 Å². The van der Waals surface area contributed by atoms with Gasteiger partial charge in [0, 0.05) is 11.7 Å². The summed E-state index contributed by atoms with van der Waals surface area (Å²) in [5.74, 6) is -0.494. The van der Waals surface area contributed by atoms with Crippen LogP contribution in [0.4, 0.5) is 5.69 Å². The van der Waals surface area contributed by atoms with E-state index < -0.39 is 5.91 Å². The first-order valence-corrected chi connectivity index (χ1v) is 7.82. The van der Waals surface area contributed by atoms with Gasteiger partial charge in [0.05, 0.1) is 10.6 Å². The van der Waals surface area contributed by atoms with E-state index in [9.17, 15) is 4.79 Å². The molecule has 0 saturated heterocycles. The van der Waals surface area contributed by atoms with Crippen molar-refractivity contribution < 1.29 is 4.79 Å². The summed E-state index contributed by atoms with van der Waals surface area (Å²) in [6, 6.07) is 5.77. The zero-order valence-electron chi connectivity index (χ0n) is 13.3. The Hall–Kier alpha value is -1.22. The summed E-state index contributed by atoms with van der Waals surface area (Å²) < 4.78 is 0. The molecule has 0 spiro atoms. The number of benzene rings is 1. The van der Waals surface area contributed by atoms with Crippen LogP contribution in [0.3, 0.4) is 0 Å². The Kier molecular flexibility index (Phi) is 4.25. The third-order valence-corrected chi connectivity index (χ3v) is 4.47. The molecule has 0 unspecified atom stereocenters. The second kappa shape index (κ2) is 5.53. The van der Waals surface area contributed by atoms with Crippen LogP contribution in [0.5, 0.6) is 0 Å². The standard InChI is InChI=1S/C17H25ClN2O/c1-16(2)8-12(9-17(3,4)10-16)20-11-5-6-13(15(19)21)14(18)7-11/h5-7,12,20H,8-10H2,1-4H3,(H2,19,21). The van der Waals surface area contributed by atoms with Crippen LogP contribution < -0.4 is 11.1 Å². The van der Waals surface area contributed by atoms with Crippen molar-refractivity contribution in [2.24, 2.45) is 16.6 Å². The summed E-state index contributed by atoms with van der Waals surface area (Å²) in [6.45, 7) is 9.30. The second-order valence-corrected chi connectivity index (χ2v) is 8.22. The van der Waals surface area contributed by atoms with Crippen molar-refractivity contribution in [2.75, 3.05) is 5.32 Å². The van der Waals surface area contributed by atoms with Crippen molar-refractivity contribution in [1.29, 1.82) is 0 Å². The van der Waals surface area contributed by atoms with Gasteiger partial charge in [0.2, 0.25) is 5.91 Å². The monoisotopic (exact) mass is 308 g/mol. The summed E-state index contributed by atoms with van der Waals surface area (Å²) >= 11 is 6.11. The molecule has 1 aliphatic rings. The number of carbonyl (C=O) groups excluding carboxylic acids is 1. The molecule has 1 fully saturated rings. The summed E-state index contributed by atoms with van der Waals surface area (Å²) in [6.07, 6.45) is 3.50. The first-order chi connectivity index (χ1) is 9.58. The molecule has 0 atom stereocenters. The van der Waals surface area contributed by atoms with Crippen LogP contribution >= 0.6 is 11.6 Å². The average molecular weight is 309 g/mol. The highest BCUT2D eigenvalue weighted by molar-refractivity contribution is 6.34. The number of carbonyl (C=O) groups is 1. The Bertz CT molecular complexity index is 536. The highest BCUT2D eigenvalue weighted by atomic mass is 35.5. The maximum absolute atomic E-state index is 11.2. The molecular weight excluding hydrogens is 284 g/mol. The minimum atomic E-state index is -0.494. The molecule has 1 amide bonds. The summed E-state index contributed by atoms with van der Waals surface area (Å²) in [5, 5.41) is 3.97. The molecule has 0 heterocycles. The van der Waals surface area contributed by atoms with E-state index in [-0.39, 0.29) is 0 Å². The number of nitrogens with two attached hydrogens (primary N) is 1. The van der Waals surface area contributed by atoms with Crippen molar-refractivity contribution in [3.8, 4) is 0 Å². The van der Waals surface area contributed by atoms with Crippen LogP contribution in [0.25, 0.3) is 0 Å². The highest BCUT2D eigenvalue weighted by Gasteiger charge is 2.38. The minimum Gasteiger partial charge on any atom is -0.382 e. The van der Waals surface area contributed by atoms with Gasteiger partial charge in [0.25, 0.3) is 0 Å². The molecule has 1 aliphatic carbocycles. The van der Waals surface area contributed by atoms with E-state index in [1.165, 1.54) is 6.42 Å². The van der Waals surface area contributed by atoms with Crippen LogP contribution in [0.15, 0.2) is 18.2 Å². The third kappa shape index (κ3) is 4.13. The zero-order chi connectivity index (χ0) is 15.8. The Morgan fingerprint density at radius 1 is 1.24 bits per heavy atom. The molecule has 3 nitrogen and oxygen atoms in total. The smallest absolute Gasteiger partial charge is 0.250 e. The van der Waals surface area contributed by atoms with Crippen LogP contribution in [-0.4, -0.2) is 11.9 Å². The van der Waals surface area contributed by atoms with Gasteiger partial charge >= 0.3 is 0 Å². The SMILES string of the molecule is CC1(C)CC(Nc2ccc(C(N)=O)c(Cl)c2)CC(C)(C)C1. The Morgan fingerprint density at radius 2 is 1.81 bits per heavy atom. The van der Waals surface area contributed by atoms with Gasteiger partial charge in [-0.25, -0.2) is 0 Å². The van der Waals surface area contributed by atoms with Crippen molar-refractivity contribution in [2.45, 2.75) is 53.0 Å². The van der Waals surface area contributed by atoms with E-state index in [2.05, 4.69) is 33.0 Å². The van der Waals surface area contributed by atoms with E-state index in [1.54, 1.807) is 12.1 Å². The molecule has 21 heavy (non-hydrogen) atoms. The predicted molar refractivity (Wildman–Crippen MR) is 88.8 cm³/mol. The topological polar surface area (TPSA) is 55.1 Å². The summed E-state index contributed by atoms with van der Waals surface area (Å²) in [7, 11) is 0. The van der Waals surface area contributed by atoms with Gasteiger partial charge in [0.1, 0.15) is 0 Å². The van der Waals surface area contributed by atoms with Gasteiger partial charge in [0.15, 0.2) is 0 Å². The fraction of sp³-hybridized carbons (Fsp3) is 0.588. The van der Waals surface area contributed by atoms with Gasteiger partial charge in [-0.15, -0.1) is 0 Å². The molecule has 1 saturated carbocycles. The number of rotatable bonds is 3. The Balaban J connectivity index is 2.14. The van der Waals surface area contributed by atoms with Gasteiger partial charge in [-0.1, -0.05) is 39.3 Å². The number of anilines is 1. The molecule has 1 aromatic rings. The number of primary amides is 1. The maximum atomic E-state index is 11.2. The van der Waals surface area contributed by atoms with Crippen LogP contribution in [-0.2, 0) is 0 Å². The van der Waals surface area contributed by atoms with Gasteiger partial charge in [-0.2, -0.15) is 0 Å². The molecule has 0 aliphatic heterocycles. The van der Waals surface area contributed by atoms with E-state index in [0.29, 0.717) is 27.5 Å². The fourth-order valence-corrected chi connectivity index (χ4v) is 4.26. The lowest BCUT2D eigenvalue weighted by Gasteiger charge is -2.45. The normalized spacial score (nSPS) is 21.0. The van der Waals surface area contributed by atoms with Crippen LogP contribution in [0.1, 0.15) is 57.3 Å². The average Bonchev–Trinajstić information content (AvgIpc) is 2.23. The molecule has 116 valence electrons. The maximum Gasteiger partial charge on any atom is 0.250 e. The lowest BCUT2D eigenvalue weighted by Crippen LogP contribution is -2.40. The largest absolute Gasteiger partial charge is 0.382 e. The molecule has 0 aromatic heterocycles. The van der Waals surface area contributed by atoms with Crippen molar-refractivity contribution in [3.05, 3.63) is 28.8 Å². The van der Waals surface area contributed by atoms with Crippen molar-refractivity contribution in [3.63, 3.8) is 0 Å². The molecule has 0 bridgehead atoms. The number of halogens is 1. The predicted octanol–water partition coefficient (Wildman–Crippen LogP) is 4.46. The third-order valence-electron chi connectivity index (χ3n) is 4.16. The minimum absolute atomic E-state index is 0.330. The highest BCUT2D eigenvalue weighted by Crippen LogP contribution is 2.46. The molecule has 3 N–H and O–H groups in total. The lowest BCUT2D eigenvalue weighted by atomic mass is 9.63. The van der Waals surface area contributed by atoms with Gasteiger partial charge in [-0.05, 0) is 48.3 Å². The summed E-state index contributed by atoms with van der Waals surface area (Å²) in [4.78, 5) is 11.2. The molecular formula is C17H25ClN2O. The lowest BCUT2D eigenvalue weighted by molar-refractivity contribution is 0.1000. The number of hydrogen-bond donors (Lipinski definition) is 2. The molecule has 0 radical (unpaired) electrons. The number of nitrogens with one attached hydrogen (secondary N) is 1. The van der Waals surface area contributed by atoms with Crippen molar-refractivity contribution in [1.82, 2.24) is 0 Å². The van der Waals surface area contributed by atoms with Crippen LogP contribution in [0.2, 0.25) is 5.02 Å². The van der Waals surface area contributed by atoms with Crippen LogP contribution in [0, 0.1) is 10.8 Å². The molecule has 4 heteroatoms. The van der Waals surface area contributed by atoms with Gasteiger partial charge < -0.3 is 11.1 Å². The van der Waals surface area contributed by atoms with E-state index in [0.717, 1.165) is 18.5 Å². The Labute approximate surface area is 132 Å². The quantitative estimate of drug-likeness (QED) is 0.866. The second-order valence-electron chi connectivity index (χ2n) is 7.81.